The number of alkyl halides is 3. The Balaban J connectivity index is 1.19. The van der Waals surface area contributed by atoms with Crippen molar-refractivity contribution in [1.82, 2.24) is 20.3 Å². The molecule has 4 aromatic rings. The second-order valence-electron chi connectivity index (χ2n) is 10.8. The molecule has 2 aliphatic rings. The van der Waals surface area contributed by atoms with Crippen molar-refractivity contribution in [1.29, 1.82) is 0 Å². The number of carboxylic acids is 1. The number of nitrogens with two attached hydrogens (primary N) is 1. The number of nitrogen functional groups attached to an aromatic ring is 1. The fourth-order valence-corrected chi connectivity index (χ4v) is 5.76. The van der Waals surface area contributed by atoms with Crippen molar-refractivity contribution in [3.05, 3.63) is 64.6 Å². The van der Waals surface area contributed by atoms with Crippen molar-refractivity contribution in [2.45, 2.75) is 37.6 Å². The van der Waals surface area contributed by atoms with Crippen LogP contribution in [0.15, 0.2) is 57.7 Å². The first-order valence-electron chi connectivity index (χ1n) is 13.3. The molecule has 2 atom stereocenters. The van der Waals surface area contributed by atoms with Gasteiger partial charge in [0.15, 0.2) is 5.58 Å². The summed E-state index contributed by atoms with van der Waals surface area (Å²) in [6.07, 6.45) is -5.15. The Morgan fingerprint density at radius 2 is 1.83 bits per heavy atom. The zero-order valence-electron chi connectivity index (χ0n) is 22.1. The molecule has 2 aliphatic heterocycles. The number of H-pyrrole nitrogens is 1. The number of carbonyl (C=O) groups is 1. The van der Waals surface area contributed by atoms with Crippen molar-refractivity contribution in [3.8, 4) is 17.0 Å². The first kappa shape index (κ1) is 27.6. The van der Waals surface area contributed by atoms with Crippen molar-refractivity contribution >= 4 is 28.8 Å². The number of halogens is 3. The highest BCUT2D eigenvalue weighted by Crippen LogP contribution is 2.41. The van der Waals surface area contributed by atoms with Crippen LogP contribution in [0.5, 0.6) is 5.88 Å². The number of ether oxygens (including phenoxy) is 1. The number of anilines is 2. The monoisotopic (exact) mass is 584 g/mol. The van der Waals surface area contributed by atoms with Crippen LogP contribution < -0.4 is 26.4 Å². The summed E-state index contributed by atoms with van der Waals surface area (Å²) >= 11 is 0. The minimum Gasteiger partial charge on any atom is -0.480 e. The Morgan fingerprint density at radius 3 is 2.50 bits per heavy atom. The number of carboxylic acid groups (broad SMARTS) is 1. The highest BCUT2D eigenvalue weighted by molar-refractivity contribution is 5.80. The van der Waals surface area contributed by atoms with Crippen molar-refractivity contribution in [2.75, 3.05) is 30.3 Å². The molecule has 4 heterocycles. The molecule has 1 spiro atoms. The number of aromatic nitrogens is 3. The quantitative estimate of drug-likeness (QED) is 0.262. The third-order valence-electron chi connectivity index (χ3n) is 8.02. The van der Waals surface area contributed by atoms with Crippen molar-refractivity contribution in [2.24, 2.45) is 5.41 Å². The Kier molecular flexibility index (Phi) is 6.80. The average Bonchev–Trinajstić information content (AvgIpc) is 3.54. The lowest BCUT2D eigenvalue weighted by Crippen LogP contribution is -2.41. The van der Waals surface area contributed by atoms with E-state index in [1.165, 1.54) is 30.3 Å². The molecule has 5 N–H and O–H groups in total. The number of aromatic amines is 1. The van der Waals surface area contributed by atoms with Gasteiger partial charge in [0.1, 0.15) is 11.9 Å². The van der Waals surface area contributed by atoms with E-state index in [4.69, 9.17) is 14.9 Å². The van der Waals surface area contributed by atoms with Crippen LogP contribution in [0.25, 0.3) is 22.2 Å². The standard InChI is InChI=1S/C28H27F3N6O5/c29-28(30,31)23(16-3-1-15(2-4-16)17-5-6-18-20(11-17)41-26(40)34-18)42-22-12-21(35-25(32)36-22)37-9-7-27(8-10-37)13-19(24(38)39)33-14-27/h1-6,11-12,19,23,33H,7-10,13-14H2,(H,34,40)(H,38,39)(H2,32,35,36)/t19-,23?/m0/s1. The Labute approximate surface area is 236 Å². The van der Waals surface area contributed by atoms with Crippen molar-refractivity contribution < 1.29 is 32.2 Å². The molecule has 2 saturated heterocycles. The average molecular weight is 585 g/mol. The van der Waals surface area contributed by atoms with Crippen LogP contribution in [0.2, 0.25) is 0 Å². The molecule has 220 valence electrons. The molecule has 2 aromatic heterocycles. The summed E-state index contributed by atoms with van der Waals surface area (Å²) in [6.45, 7) is 1.67. The SMILES string of the molecule is Nc1nc(OC(c2ccc(-c3ccc4[nH]c(=O)oc4c3)cc2)C(F)(F)F)cc(N2CCC3(CC2)CN[C@H](C(=O)O)C3)n1. The summed E-state index contributed by atoms with van der Waals surface area (Å²) in [4.78, 5) is 35.4. The van der Waals surface area contributed by atoms with Gasteiger partial charge in [-0.2, -0.15) is 23.1 Å². The van der Waals surface area contributed by atoms with Gasteiger partial charge in [-0.3, -0.25) is 9.78 Å². The summed E-state index contributed by atoms with van der Waals surface area (Å²) in [5.41, 5.74) is 7.71. The minimum atomic E-state index is -4.76. The molecule has 42 heavy (non-hydrogen) atoms. The van der Waals surface area contributed by atoms with Crippen LogP contribution in [0.3, 0.4) is 0 Å². The normalized spacial score (nSPS) is 19.3. The maximum absolute atomic E-state index is 14.2. The predicted octanol–water partition coefficient (Wildman–Crippen LogP) is 3.88. The Hall–Kier alpha value is -4.59. The fourth-order valence-electron chi connectivity index (χ4n) is 5.76. The smallest absolute Gasteiger partial charge is 0.429 e. The molecule has 0 bridgehead atoms. The second kappa shape index (κ2) is 10.4. The summed E-state index contributed by atoms with van der Waals surface area (Å²) in [5, 5.41) is 12.4. The first-order valence-corrected chi connectivity index (χ1v) is 13.3. The van der Waals surface area contributed by atoms with E-state index in [0.29, 0.717) is 66.9 Å². The molecular formula is C28H27F3N6O5. The van der Waals surface area contributed by atoms with Crippen LogP contribution in [-0.2, 0) is 4.79 Å². The highest BCUT2D eigenvalue weighted by atomic mass is 19.4. The maximum Gasteiger partial charge on any atom is 0.429 e. The number of hydrogen-bond acceptors (Lipinski definition) is 9. The van der Waals surface area contributed by atoms with Gasteiger partial charge >= 0.3 is 17.9 Å². The zero-order valence-corrected chi connectivity index (χ0v) is 22.1. The van der Waals surface area contributed by atoms with Crippen molar-refractivity contribution in [3.63, 3.8) is 0 Å². The van der Waals surface area contributed by atoms with E-state index in [9.17, 15) is 27.9 Å². The Bertz CT molecular complexity index is 1680. The van der Waals surface area contributed by atoms with E-state index >= 15 is 0 Å². The predicted molar refractivity (Wildman–Crippen MR) is 146 cm³/mol. The molecule has 2 fully saturated rings. The van der Waals surface area contributed by atoms with Gasteiger partial charge < -0.3 is 30.2 Å². The number of nitrogens with zero attached hydrogens (tertiary/aromatic N) is 3. The maximum atomic E-state index is 14.2. The minimum absolute atomic E-state index is 0.138. The molecule has 0 saturated carbocycles. The van der Waals surface area contributed by atoms with Crippen LogP contribution in [0, 0.1) is 5.41 Å². The lowest BCUT2D eigenvalue weighted by Gasteiger charge is -2.39. The Morgan fingerprint density at radius 1 is 1.12 bits per heavy atom. The zero-order chi connectivity index (χ0) is 29.6. The number of fused-ring (bicyclic) bond motifs is 1. The van der Waals surface area contributed by atoms with Crippen LogP contribution in [-0.4, -0.2) is 57.9 Å². The van der Waals surface area contributed by atoms with Gasteiger partial charge in [-0.25, -0.2) is 4.79 Å². The fraction of sp³-hybridized carbons (Fsp3) is 0.357. The van der Waals surface area contributed by atoms with Crippen LogP contribution in [0.1, 0.15) is 30.9 Å². The lowest BCUT2D eigenvalue weighted by molar-refractivity contribution is -0.198. The van der Waals surface area contributed by atoms with Gasteiger partial charge in [-0.1, -0.05) is 30.3 Å². The first-order chi connectivity index (χ1) is 20.0. The van der Waals surface area contributed by atoms with Gasteiger partial charge in [0.05, 0.1) is 5.52 Å². The summed E-state index contributed by atoms with van der Waals surface area (Å²) in [5.74, 6) is -1.66. The number of hydrogen-bond donors (Lipinski definition) is 4. The third kappa shape index (κ3) is 5.49. The largest absolute Gasteiger partial charge is 0.480 e. The second-order valence-corrected chi connectivity index (χ2v) is 10.8. The summed E-state index contributed by atoms with van der Waals surface area (Å²) < 4.78 is 53.1. The number of aliphatic carboxylic acids is 1. The topological polar surface area (TPSA) is 160 Å². The molecule has 2 aromatic carbocycles. The number of nitrogens with one attached hydrogen (secondary N) is 2. The van der Waals surface area contributed by atoms with E-state index in [1.807, 2.05) is 4.90 Å². The molecule has 14 heteroatoms. The molecule has 6 rings (SSSR count). The molecular weight excluding hydrogens is 557 g/mol. The number of rotatable bonds is 6. The molecule has 0 radical (unpaired) electrons. The van der Waals surface area contributed by atoms with Crippen LogP contribution in [0.4, 0.5) is 24.9 Å². The van der Waals surface area contributed by atoms with E-state index in [1.54, 1.807) is 18.2 Å². The molecule has 11 nitrogen and oxygen atoms in total. The summed E-state index contributed by atoms with van der Waals surface area (Å²) in [7, 11) is 0. The van der Waals surface area contributed by atoms with E-state index in [-0.39, 0.29) is 22.8 Å². The van der Waals surface area contributed by atoms with Gasteiger partial charge in [0.2, 0.25) is 17.9 Å². The van der Waals surface area contributed by atoms with Gasteiger partial charge in [0.25, 0.3) is 0 Å². The number of piperidine rings is 1. The lowest BCUT2D eigenvalue weighted by atomic mass is 9.76. The molecule has 0 amide bonds. The van der Waals surface area contributed by atoms with Gasteiger partial charge in [-0.15, -0.1) is 0 Å². The number of oxazole rings is 1. The van der Waals surface area contributed by atoms with E-state index in [2.05, 4.69) is 20.3 Å². The highest BCUT2D eigenvalue weighted by Gasteiger charge is 2.45. The molecule has 0 aliphatic carbocycles. The number of benzene rings is 2. The van der Waals surface area contributed by atoms with Gasteiger partial charge in [-0.05, 0) is 47.9 Å². The van der Waals surface area contributed by atoms with E-state index < -0.39 is 30.0 Å². The van der Waals surface area contributed by atoms with Gasteiger partial charge in [0, 0.05) is 31.3 Å². The van der Waals surface area contributed by atoms with Crippen LogP contribution >= 0.6 is 0 Å². The third-order valence-corrected chi connectivity index (χ3v) is 8.02. The molecule has 1 unspecified atom stereocenters. The van der Waals surface area contributed by atoms with E-state index in [0.717, 1.165) is 0 Å². The summed E-state index contributed by atoms with van der Waals surface area (Å²) in [6, 6.07) is 11.5.